The van der Waals surface area contributed by atoms with Gasteiger partial charge in [0.25, 0.3) is 0 Å². The predicted molar refractivity (Wildman–Crippen MR) is 93.2 cm³/mol. The molecule has 0 aromatic heterocycles. The maximum absolute atomic E-state index is 12.0. The fourth-order valence-electron chi connectivity index (χ4n) is 2.51. The predicted octanol–water partition coefficient (Wildman–Crippen LogP) is 4.51. The number of piperidine rings is 1. The fourth-order valence-corrected chi connectivity index (χ4v) is 2.91. The van der Waals surface area contributed by atoms with Crippen LogP contribution in [0.5, 0.6) is 0 Å². The maximum atomic E-state index is 12.0. The van der Waals surface area contributed by atoms with Crippen molar-refractivity contribution in [1.82, 2.24) is 4.90 Å². The molecule has 0 radical (unpaired) electrons. The number of nitrogens with one attached hydrogen (secondary N) is 1. The van der Waals surface area contributed by atoms with Gasteiger partial charge in [-0.05, 0) is 57.7 Å². The van der Waals surface area contributed by atoms with E-state index in [0.29, 0.717) is 5.92 Å². The minimum absolute atomic E-state index is 0.189. The highest BCUT2D eigenvalue weighted by Gasteiger charge is 2.26. The van der Waals surface area contributed by atoms with E-state index in [4.69, 9.17) is 4.74 Å². The molecule has 0 unspecified atom stereocenters. The van der Waals surface area contributed by atoms with Crippen LogP contribution in [0.4, 0.5) is 10.5 Å². The third-order valence-electron chi connectivity index (χ3n) is 3.69. The number of carbonyl (C=O) groups is 1. The van der Waals surface area contributed by atoms with Crippen LogP contribution in [-0.4, -0.2) is 36.2 Å². The Kier molecular flexibility index (Phi) is 5.73. The van der Waals surface area contributed by atoms with Crippen molar-refractivity contribution in [2.24, 2.45) is 5.92 Å². The summed E-state index contributed by atoms with van der Waals surface area (Å²) < 4.78 is 6.50. The Hall–Kier alpha value is -1.23. The van der Waals surface area contributed by atoms with Crippen molar-refractivity contribution in [3.05, 3.63) is 28.7 Å². The van der Waals surface area contributed by atoms with E-state index in [2.05, 4.69) is 33.4 Å². The van der Waals surface area contributed by atoms with Gasteiger partial charge in [-0.2, -0.15) is 0 Å². The molecule has 0 spiro atoms. The molecule has 1 aliphatic heterocycles. The average molecular weight is 369 g/mol. The molecule has 0 saturated carbocycles. The summed E-state index contributed by atoms with van der Waals surface area (Å²) in [6, 6.07) is 8.19. The number of hydrogen-bond acceptors (Lipinski definition) is 3. The topological polar surface area (TPSA) is 41.6 Å². The lowest BCUT2D eigenvalue weighted by Crippen LogP contribution is -2.42. The van der Waals surface area contributed by atoms with E-state index in [1.807, 2.05) is 37.8 Å². The number of anilines is 1. The Balaban J connectivity index is 1.74. The van der Waals surface area contributed by atoms with Crippen LogP contribution in [0.15, 0.2) is 28.7 Å². The van der Waals surface area contributed by atoms with Gasteiger partial charge in [0, 0.05) is 29.8 Å². The van der Waals surface area contributed by atoms with Gasteiger partial charge in [-0.1, -0.05) is 22.0 Å². The second-order valence-corrected chi connectivity index (χ2v) is 7.72. The molecule has 1 saturated heterocycles. The third kappa shape index (κ3) is 5.52. The van der Waals surface area contributed by atoms with Crippen molar-refractivity contribution in [2.75, 3.05) is 25.0 Å². The second-order valence-electron chi connectivity index (χ2n) is 6.80. The van der Waals surface area contributed by atoms with Crippen molar-refractivity contribution >= 4 is 27.7 Å². The van der Waals surface area contributed by atoms with Gasteiger partial charge >= 0.3 is 6.09 Å². The van der Waals surface area contributed by atoms with E-state index in [1.54, 1.807) is 0 Å². The minimum atomic E-state index is -0.420. The molecule has 0 aliphatic carbocycles. The van der Waals surface area contributed by atoms with Crippen LogP contribution in [0, 0.1) is 5.92 Å². The highest BCUT2D eigenvalue weighted by Crippen LogP contribution is 2.21. The summed E-state index contributed by atoms with van der Waals surface area (Å²) >= 11 is 3.48. The first-order chi connectivity index (χ1) is 10.3. The lowest BCUT2D eigenvalue weighted by atomic mass is 9.97. The van der Waals surface area contributed by atoms with Gasteiger partial charge in [-0.3, -0.25) is 0 Å². The van der Waals surface area contributed by atoms with E-state index in [1.165, 1.54) is 0 Å². The molecule has 22 heavy (non-hydrogen) atoms. The number of nitrogens with zero attached hydrogens (tertiary/aromatic N) is 1. The van der Waals surface area contributed by atoms with Crippen LogP contribution < -0.4 is 5.32 Å². The summed E-state index contributed by atoms with van der Waals surface area (Å²) in [6.45, 7) is 8.21. The van der Waals surface area contributed by atoms with Gasteiger partial charge in [0.1, 0.15) is 5.60 Å². The zero-order valence-corrected chi connectivity index (χ0v) is 15.1. The first-order valence-electron chi connectivity index (χ1n) is 7.81. The van der Waals surface area contributed by atoms with Gasteiger partial charge < -0.3 is 15.0 Å². The summed E-state index contributed by atoms with van der Waals surface area (Å²) in [5, 5.41) is 3.47. The number of rotatable bonds is 3. The highest BCUT2D eigenvalue weighted by molar-refractivity contribution is 9.10. The molecule has 1 amide bonds. The number of halogens is 1. The van der Waals surface area contributed by atoms with Gasteiger partial charge in [0.05, 0.1) is 0 Å². The summed E-state index contributed by atoms with van der Waals surface area (Å²) in [5.74, 6) is 0.595. The monoisotopic (exact) mass is 368 g/mol. The summed E-state index contributed by atoms with van der Waals surface area (Å²) in [6.07, 6.45) is 1.84. The Bertz CT molecular complexity index is 506. The summed E-state index contributed by atoms with van der Waals surface area (Å²) in [7, 11) is 0. The molecule has 4 nitrogen and oxygen atoms in total. The largest absolute Gasteiger partial charge is 0.444 e. The Labute approximate surface area is 141 Å². The van der Waals surface area contributed by atoms with Crippen LogP contribution >= 0.6 is 15.9 Å². The van der Waals surface area contributed by atoms with Crippen LogP contribution in [-0.2, 0) is 4.74 Å². The first-order valence-corrected chi connectivity index (χ1v) is 8.60. The van der Waals surface area contributed by atoms with Crippen LogP contribution in [0.1, 0.15) is 33.6 Å². The Morgan fingerprint density at radius 3 is 2.64 bits per heavy atom. The number of benzene rings is 1. The van der Waals surface area contributed by atoms with Crippen molar-refractivity contribution in [1.29, 1.82) is 0 Å². The highest BCUT2D eigenvalue weighted by atomic mass is 79.9. The smallest absolute Gasteiger partial charge is 0.410 e. The molecular formula is C17H25BrN2O2. The summed E-state index contributed by atoms with van der Waals surface area (Å²) in [5.41, 5.74) is 0.708. The van der Waals surface area contributed by atoms with E-state index in [-0.39, 0.29) is 6.09 Å². The van der Waals surface area contributed by atoms with Crippen molar-refractivity contribution in [3.8, 4) is 0 Å². The normalized spacial score (nSPS) is 16.5. The van der Waals surface area contributed by atoms with Crippen LogP contribution in [0.25, 0.3) is 0 Å². The zero-order valence-electron chi connectivity index (χ0n) is 13.6. The standard InChI is InChI=1S/C17H25BrN2O2/c1-17(2,3)22-16(21)20-9-7-13(8-10-20)12-19-15-6-4-5-14(18)11-15/h4-6,11,13,19H,7-10,12H2,1-3H3. The molecule has 122 valence electrons. The Morgan fingerprint density at radius 2 is 2.05 bits per heavy atom. The molecule has 0 bridgehead atoms. The van der Waals surface area contributed by atoms with Crippen molar-refractivity contribution < 1.29 is 9.53 Å². The molecule has 1 fully saturated rings. The van der Waals surface area contributed by atoms with Crippen LogP contribution in [0.2, 0.25) is 0 Å². The number of carbonyl (C=O) groups excluding carboxylic acids is 1. The van der Waals surface area contributed by atoms with Gasteiger partial charge in [0.2, 0.25) is 0 Å². The van der Waals surface area contributed by atoms with Gasteiger partial charge in [-0.15, -0.1) is 0 Å². The molecule has 5 heteroatoms. The van der Waals surface area contributed by atoms with E-state index in [9.17, 15) is 4.79 Å². The number of hydrogen-bond donors (Lipinski definition) is 1. The lowest BCUT2D eigenvalue weighted by Gasteiger charge is -2.33. The fraction of sp³-hybridized carbons (Fsp3) is 0.588. The average Bonchev–Trinajstić information content (AvgIpc) is 2.44. The molecular weight excluding hydrogens is 344 g/mol. The first kappa shape index (κ1) is 17.1. The number of ether oxygens (including phenoxy) is 1. The lowest BCUT2D eigenvalue weighted by molar-refractivity contribution is 0.0188. The Morgan fingerprint density at radius 1 is 1.36 bits per heavy atom. The van der Waals surface area contributed by atoms with E-state index < -0.39 is 5.60 Å². The minimum Gasteiger partial charge on any atom is -0.444 e. The van der Waals surface area contributed by atoms with E-state index in [0.717, 1.165) is 42.6 Å². The van der Waals surface area contributed by atoms with Crippen molar-refractivity contribution in [2.45, 2.75) is 39.2 Å². The summed E-state index contributed by atoms with van der Waals surface area (Å²) in [4.78, 5) is 13.8. The van der Waals surface area contributed by atoms with Crippen molar-refractivity contribution in [3.63, 3.8) is 0 Å². The molecule has 1 N–H and O–H groups in total. The molecule has 1 aromatic carbocycles. The molecule has 1 heterocycles. The number of amides is 1. The quantitative estimate of drug-likeness (QED) is 0.853. The molecule has 0 atom stereocenters. The van der Waals surface area contributed by atoms with E-state index >= 15 is 0 Å². The van der Waals surface area contributed by atoms with Crippen LogP contribution in [0.3, 0.4) is 0 Å². The number of likely N-dealkylation sites (tertiary alicyclic amines) is 1. The zero-order chi connectivity index (χ0) is 16.2. The van der Waals surface area contributed by atoms with Gasteiger partial charge in [-0.25, -0.2) is 4.79 Å². The third-order valence-corrected chi connectivity index (χ3v) is 4.18. The molecule has 2 rings (SSSR count). The SMILES string of the molecule is CC(C)(C)OC(=O)N1CCC(CNc2cccc(Br)c2)CC1. The second kappa shape index (κ2) is 7.36. The molecule has 1 aliphatic rings. The maximum Gasteiger partial charge on any atom is 0.410 e. The van der Waals surface area contributed by atoms with Gasteiger partial charge in [0.15, 0.2) is 0 Å². The molecule has 1 aromatic rings.